The van der Waals surface area contributed by atoms with Gasteiger partial charge in [0.05, 0.1) is 5.39 Å². The summed E-state index contributed by atoms with van der Waals surface area (Å²) in [7, 11) is 0. The number of carbonyl (C=O) groups excluding carboxylic acids is 1. The molecule has 2 aliphatic rings. The second-order valence-electron chi connectivity index (χ2n) is 8.88. The number of hydrogen-bond acceptors (Lipinski definition) is 3. The van der Waals surface area contributed by atoms with E-state index in [1.807, 2.05) is 31.2 Å². The molecular formula is C26H28N2O3. The number of nitrogens with zero attached hydrogens (tertiary/aromatic N) is 1. The Bertz CT molecular complexity index is 1180. The van der Waals surface area contributed by atoms with Gasteiger partial charge in [-0.3, -0.25) is 9.59 Å². The van der Waals surface area contributed by atoms with Crippen LogP contribution in [0.5, 0.6) is 5.75 Å². The summed E-state index contributed by atoms with van der Waals surface area (Å²) in [6, 6.07) is 14.4. The van der Waals surface area contributed by atoms with E-state index >= 15 is 0 Å². The normalized spacial score (nSPS) is 21.3. The number of benzene rings is 2. The third-order valence-electron chi connectivity index (χ3n) is 6.92. The van der Waals surface area contributed by atoms with E-state index in [0.717, 1.165) is 47.8 Å². The van der Waals surface area contributed by atoms with Crippen LogP contribution in [0.25, 0.3) is 21.9 Å². The van der Waals surface area contributed by atoms with Crippen molar-refractivity contribution < 1.29 is 9.53 Å². The number of hydrogen-bond donors (Lipinski definition) is 1. The first kappa shape index (κ1) is 19.9. The maximum atomic E-state index is 13.1. The van der Waals surface area contributed by atoms with E-state index < -0.39 is 6.10 Å². The van der Waals surface area contributed by atoms with E-state index in [0.29, 0.717) is 23.2 Å². The van der Waals surface area contributed by atoms with Crippen LogP contribution in [-0.4, -0.2) is 34.0 Å². The van der Waals surface area contributed by atoms with Crippen molar-refractivity contribution in [2.75, 3.05) is 0 Å². The van der Waals surface area contributed by atoms with Crippen molar-refractivity contribution in [2.45, 2.75) is 64.1 Å². The zero-order chi connectivity index (χ0) is 21.5. The highest BCUT2D eigenvalue weighted by Gasteiger charge is 2.41. The Kier molecular flexibility index (Phi) is 5.05. The van der Waals surface area contributed by atoms with E-state index in [2.05, 4.69) is 28.9 Å². The van der Waals surface area contributed by atoms with Crippen molar-refractivity contribution in [3.8, 4) is 16.9 Å². The topological polar surface area (TPSA) is 62.4 Å². The standard InChI is InChI=1S/C26H28N2O3/c1-16-6-3-4-9-21(16)24-15-27-25(29)23-14-20(12-13-22(23)24)31-17(2)26(30)28-18-7-5-8-19(28)11-10-18/h3-4,6,9,12-15,17-19H,5,7-8,10-11H2,1-2H3,(H,27,29)/t17-,18?,19?/m1/s1. The van der Waals surface area contributed by atoms with E-state index in [4.69, 9.17) is 4.74 Å². The van der Waals surface area contributed by atoms with E-state index in [1.54, 1.807) is 12.3 Å². The number of nitrogens with one attached hydrogen (secondary N) is 1. The lowest BCUT2D eigenvalue weighted by atomic mass is 9.97. The molecular weight excluding hydrogens is 388 g/mol. The number of piperidine rings is 1. The summed E-state index contributed by atoms with van der Waals surface area (Å²) in [6.07, 6.45) is 6.82. The Morgan fingerprint density at radius 3 is 2.52 bits per heavy atom. The lowest BCUT2D eigenvalue weighted by Crippen LogP contribution is -2.49. The SMILES string of the molecule is Cc1ccccc1-c1c[nH]c(=O)c2cc(O[C@H](C)C(=O)N3C4CCCC3CC4)ccc12. The van der Waals surface area contributed by atoms with Crippen LogP contribution in [0.1, 0.15) is 44.6 Å². The van der Waals surface area contributed by atoms with Gasteiger partial charge in [-0.15, -0.1) is 0 Å². The molecule has 2 unspecified atom stereocenters. The molecule has 5 heteroatoms. The predicted molar refractivity (Wildman–Crippen MR) is 122 cm³/mol. The Morgan fingerprint density at radius 2 is 1.77 bits per heavy atom. The first-order valence-corrected chi connectivity index (χ1v) is 11.2. The largest absolute Gasteiger partial charge is 0.481 e. The average Bonchev–Trinajstić information content (AvgIpc) is 3.02. The van der Waals surface area contributed by atoms with Crippen LogP contribution < -0.4 is 10.3 Å². The summed E-state index contributed by atoms with van der Waals surface area (Å²) in [5.41, 5.74) is 3.05. The third-order valence-corrected chi connectivity index (χ3v) is 6.92. The molecule has 3 heterocycles. The maximum Gasteiger partial charge on any atom is 0.263 e. The van der Waals surface area contributed by atoms with Gasteiger partial charge in [0.1, 0.15) is 5.75 Å². The van der Waals surface area contributed by atoms with Gasteiger partial charge in [0, 0.05) is 23.8 Å². The van der Waals surface area contributed by atoms with Gasteiger partial charge in [0.2, 0.25) is 0 Å². The lowest BCUT2D eigenvalue weighted by molar-refractivity contribution is -0.142. The molecule has 1 N–H and O–H groups in total. The van der Waals surface area contributed by atoms with Crippen molar-refractivity contribution in [1.29, 1.82) is 0 Å². The van der Waals surface area contributed by atoms with Gasteiger partial charge < -0.3 is 14.6 Å². The van der Waals surface area contributed by atoms with E-state index in [-0.39, 0.29) is 11.5 Å². The summed E-state index contributed by atoms with van der Waals surface area (Å²) in [4.78, 5) is 30.6. The molecule has 0 spiro atoms. The summed E-state index contributed by atoms with van der Waals surface area (Å²) >= 11 is 0. The Balaban J connectivity index is 1.44. The van der Waals surface area contributed by atoms with Gasteiger partial charge in [-0.1, -0.05) is 24.3 Å². The molecule has 2 aliphatic heterocycles. The average molecular weight is 417 g/mol. The van der Waals surface area contributed by atoms with Crippen LogP contribution in [0.4, 0.5) is 0 Å². The first-order chi connectivity index (χ1) is 15.0. The van der Waals surface area contributed by atoms with Gasteiger partial charge >= 0.3 is 0 Å². The van der Waals surface area contributed by atoms with Crippen LogP contribution >= 0.6 is 0 Å². The second kappa shape index (κ2) is 7.88. The van der Waals surface area contributed by atoms with Gasteiger partial charge in [-0.2, -0.15) is 0 Å². The van der Waals surface area contributed by atoms with Crippen LogP contribution in [0.2, 0.25) is 0 Å². The number of fused-ring (bicyclic) bond motifs is 3. The molecule has 2 fully saturated rings. The fraction of sp³-hybridized carbons (Fsp3) is 0.385. The molecule has 5 nitrogen and oxygen atoms in total. The highest BCUT2D eigenvalue weighted by molar-refractivity contribution is 5.97. The summed E-state index contributed by atoms with van der Waals surface area (Å²) in [6.45, 7) is 3.87. The zero-order valence-corrected chi connectivity index (χ0v) is 18.1. The molecule has 160 valence electrons. The molecule has 1 aromatic heterocycles. The quantitative estimate of drug-likeness (QED) is 0.664. The molecule has 5 rings (SSSR count). The van der Waals surface area contributed by atoms with Gasteiger partial charge in [0.15, 0.2) is 6.10 Å². The number of H-pyrrole nitrogens is 1. The molecule has 0 saturated carbocycles. The Labute approximate surface area is 182 Å². The molecule has 0 radical (unpaired) electrons. The van der Waals surface area contributed by atoms with Crippen molar-refractivity contribution >= 4 is 16.7 Å². The Hall–Kier alpha value is -3.08. The van der Waals surface area contributed by atoms with Gasteiger partial charge in [-0.05, 0) is 80.7 Å². The van der Waals surface area contributed by atoms with Crippen molar-refractivity contribution in [3.63, 3.8) is 0 Å². The molecule has 31 heavy (non-hydrogen) atoms. The highest BCUT2D eigenvalue weighted by atomic mass is 16.5. The van der Waals surface area contributed by atoms with Crippen molar-refractivity contribution in [2.24, 2.45) is 0 Å². The maximum absolute atomic E-state index is 13.1. The molecule has 2 aromatic carbocycles. The summed E-state index contributed by atoms with van der Waals surface area (Å²) in [5.74, 6) is 0.611. The minimum atomic E-state index is -0.572. The number of ether oxygens (including phenoxy) is 1. The molecule has 1 amide bonds. The predicted octanol–water partition coefficient (Wildman–Crippen LogP) is 4.81. The summed E-state index contributed by atoms with van der Waals surface area (Å²) in [5, 5.41) is 1.44. The van der Waals surface area contributed by atoms with Gasteiger partial charge in [-0.25, -0.2) is 0 Å². The number of aromatic nitrogens is 1. The second-order valence-corrected chi connectivity index (χ2v) is 8.88. The fourth-order valence-electron chi connectivity index (χ4n) is 5.35. The fourth-order valence-corrected chi connectivity index (χ4v) is 5.35. The van der Waals surface area contributed by atoms with Crippen LogP contribution in [-0.2, 0) is 4.79 Å². The van der Waals surface area contributed by atoms with Crippen LogP contribution in [0.3, 0.4) is 0 Å². The number of rotatable bonds is 4. The van der Waals surface area contributed by atoms with Crippen molar-refractivity contribution in [1.82, 2.24) is 9.88 Å². The molecule has 3 aromatic rings. The molecule has 2 saturated heterocycles. The monoisotopic (exact) mass is 416 g/mol. The Morgan fingerprint density at radius 1 is 1.03 bits per heavy atom. The molecule has 0 aliphatic carbocycles. The van der Waals surface area contributed by atoms with Gasteiger partial charge in [0.25, 0.3) is 11.5 Å². The number of pyridine rings is 1. The number of aryl methyl sites for hydroxylation is 1. The lowest BCUT2D eigenvalue weighted by Gasteiger charge is -2.36. The van der Waals surface area contributed by atoms with E-state index in [9.17, 15) is 9.59 Å². The highest BCUT2D eigenvalue weighted by Crippen LogP contribution is 2.36. The van der Waals surface area contributed by atoms with Crippen molar-refractivity contribution in [3.05, 3.63) is 64.6 Å². The van der Waals surface area contributed by atoms with Crippen LogP contribution in [0.15, 0.2) is 53.5 Å². The summed E-state index contributed by atoms with van der Waals surface area (Å²) < 4.78 is 6.04. The number of aromatic amines is 1. The third kappa shape index (κ3) is 3.52. The first-order valence-electron chi connectivity index (χ1n) is 11.2. The zero-order valence-electron chi connectivity index (χ0n) is 18.1. The molecule has 3 atom stereocenters. The van der Waals surface area contributed by atoms with Crippen LogP contribution in [0, 0.1) is 6.92 Å². The number of amides is 1. The molecule has 2 bridgehead atoms. The minimum absolute atomic E-state index is 0.0647. The smallest absolute Gasteiger partial charge is 0.263 e. The van der Waals surface area contributed by atoms with E-state index in [1.165, 1.54) is 6.42 Å². The number of carbonyl (C=O) groups is 1. The minimum Gasteiger partial charge on any atom is -0.481 e.